The fourth-order valence-corrected chi connectivity index (χ4v) is 1.52. The fraction of sp³-hybridized carbons (Fsp3) is 0.571. The zero-order valence-corrected chi connectivity index (χ0v) is 11.1. The van der Waals surface area contributed by atoms with Crippen LogP contribution in [0.25, 0.3) is 0 Å². The van der Waals surface area contributed by atoms with E-state index in [2.05, 4.69) is 5.32 Å². The van der Waals surface area contributed by atoms with Crippen LogP contribution in [0, 0.1) is 12.8 Å². The second kappa shape index (κ2) is 8.08. The summed E-state index contributed by atoms with van der Waals surface area (Å²) in [5.74, 6) is 0.979. The largest absolute Gasteiger partial charge is 0.491 e. The number of aliphatic hydroxyl groups excluding tert-OH is 2. The number of hydrogen-bond donors (Lipinski definition) is 3. The summed E-state index contributed by atoms with van der Waals surface area (Å²) in [5, 5.41) is 21.7. The van der Waals surface area contributed by atoms with Gasteiger partial charge in [0.25, 0.3) is 0 Å². The molecular weight excluding hydrogens is 230 g/mol. The summed E-state index contributed by atoms with van der Waals surface area (Å²) in [6, 6.07) is 7.74. The van der Waals surface area contributed by atoms with Crippen molar-refractivity contribution in [2.24, 2.45) is 5.92 Å². The average Bonchev–Trinajstić information content (AvgIpc) is 2.36. The van der Waals surface area contributed by atoms with Crippen LogP contribution in [-0.4, -0.2) is 42.6 Å². The van der Waals surface area contributed by atoms with Crippen molar-refractivity contribution in [1.29, 1.82) is 0 Å². The van der Waals surface area contributed by atoms with Crippen LogP contribution in [0.1, 0.15) is 12.5 Å². The molecule has 4 heteroatoms. The molecule has 3 N–H and O–H groups in total. The van der Waals surface area contributed by atoms with Gasteiger partial charge in [-0.3, -0.25) is 0 Å². The number of aliphatic hydroxyl groups is 2. The van der Waals surface area contributed by atoms with Gasteiger partial charge in [-0.2, -0.15) is 0 Å². The Kier molecular flexibility index (Phi) is 6.72. The molecule has 0 aromatic heterocycles. The number of aryl methyl sites for hydroxylation is 1. The van der Waals surface area contributed by atoms with Crippen LogP contribution in [0.15, 0.2) is 24.3 Å². The first-order valence-corrected chi connectivity index (χ1v) is 6.31. The Morgan fingerprint density at radius 1 is 1.33 bits per heavy atom. The highest BCUT2D eigenvalue weighted by molar-refractivity contribution is 5.27. The van der Waals surface area contributed by atoms with Crippen molar-refractivity contribution in [2.45, 2.75) is 20.0 Å². The number of hydrogen-bond acceptors (Lipinski definition) is 4. The van der Waals surface area contributed by atoms with E-state index in [0.29, 0.717) is 13.1 Å². The topological polar surface area (TPSA) is 61.7 Å². The standard InChI is InChI=1S/C14H23NO3/c1-11-4-3-5-14(6-11)18-10-13(17)8-15-7-12(2)9-16/h3-6,12-13,15-17H,7-10H2,1-2H3. The Labute approximate surface area is 109 Å². The predicted octanol–water partition coefficient (Wildman–Crippen LogP) is 0.953. The normalized spacial score (nSPS) is 14.2. The number of ether oxygens (including phenoxy) is 1. The first-order valence-electron chi connectivity index (χ1n) is 6.31. The lowest BCUT2D eigenvalue weighted by Gasteiger charge is -2.15. The molecule has 0 spiro atoms. The highest BCUT2D eigenvalue weighted by atomic mass is 16.5. The van der Waals surface area contributed by atoms with E-state index in [1.54, 1.807) is 0 Å². The lowest BCUT2D eigenvalue weighted by Crippen LogP contribution is -2.34. The minimum atomic E-state index is -0.545. The average molecular weight is 253 g/mol. The van der Waals surface area contributed by atoms with Gasteiger partial charge in [-0.25, -0.2) is 0 Å². The van der Waals surface area contributed by atoms with Crippen LogP contribution < -0.4 is 10.1 Å². The third-order valence-electron chi connectivity index (χ3n) is 2.62. The predicted molar refractivity (Wildman–Crippen MR) is 71.8 cm³/mol. The second-order valence-corrected chi connectivity index (χ2v) is 4.73. The van der Waals surface area contributed by atoms with E-state index in [1.807, 2.05) is 38.1 Å². The van der Waals surface area contributed by atoms with Gasteiger partial charge in [0.05, 0.1) is 0 Å². The van der Waals surface area contributed by atoms with Crippen LogP contribution >= 0.6 is 0 Å². The summed E-state index contributed by atoms with van der Waals surface area (Å²) in [7, 11) is 0. The van der Waals surface area contributed by atoms with Crippen LogP contribution in [0.5, 0.6) is 5.75 Å². The van der Waals surface area contributed by atoms with E-state index in [4.69, 9.17) is 9.84 Å². The zero-order chi connectivity index (χ0) is 13.4. The summed E-state index contributed by atoms with van der Waals surface area (Å²) in [6.45, 7) is 5.53. The summed E-state index contributed by atoms with van der Waals surface area (Å²) in [4.78, 5) is 0. The third-order valence-corrected chi connectivity index (χ3v) is 2.62. The first-order chi connectivity index (χ1) is 8.61. The molecule has 102 valence electrons. The SMILES string of the molecule is Cc1cccc(OCC(O)CNCC(C)CO)c1. The summed E-state index contributed by atoms with van der Waals surface area (Å²) >= 11 is 0. The molecule has 18 heavy (non-hydrogen) atoms. The molecule has 0 fully saturated rings. The molecule has 0 saturated heterocycles. The molecule has 0 radical (unpaired) electrons. The summed E-state index contributed by atoms with van der Waals surface area (Å²) < 4.78 is 5.49. The van der Waals surface area contributed by atoms with Crippen molar-refractivity contribution in [3.63, 3.8) is 0 Å². The maximum absolute atomic E-state index is 9.72. The van der Waals surface area contributed by atoms with Gasteiger partial charge in [0.2, 0.25) is 0 Å². The van der Waals surface area contributed by atoms with Gasteiger partial charge in [-0.1, -0.05) is 19.1 Å². The lowest BCUT2D eigenvalue weighted by atomic mass is 10.2. The van der Waals surface area contributed by atoms with Crippen molar-refractivity contribution < 1.29 is 14.9 Å². The molecule has 0 saturated carbocycles. The van der Waals surface area contributed by atoms with Crippen molar-refractivity contribution in [1.82, 2.24) is 5.32 Å². The molecule has 0 aliphatic heterocycles. The minimum absolute atomic E-state index is 0.156. The van der Waals surface area contributed by atoms with Gasteiger partial charge >= 0.3 is 0 Å². The quantitative estimate of drug-likeness (QED) is 0.645. The Bertz CT molecular complexity index is 344. The molecule has 1 aromatic rings. The van der Waals surface area contributed by atoms with Crippen molar-refractivity contribution in [2.75, 3.05) is 26.3 Å². The molecule has 1 rings (SSSR count). The Hall–Kier alpha value is -1.10. The van der Waals surface area contributed by atoms with Gasteiger partial charge in [-0.15, -0.1) is 0 Å². The van der Waals surface area contributed by atoms with E-state index in [9.17, 15) is 5.11 Å². The van der Waals surface area contributed by atoms with Crippen LogP contribution in [0.3, 0.4) is 0 Å². The Morgan fingerprint density at radius 2 is 2.11 bits per heavy atom. The Balaban J connectivity index is 2.19. The summed E-state index contributed by atoms with van der Waals surface area (Å²) in [5.41, 5.74) is 1.14. The molecule has 2 unspecified atom stereocenters. The van der Waals surface area contributed by atoms with E-state index >= 15 is 0 Å². The van der Waals surface area contributed by atoms with Gasteiger partial charge in [-0.05, 0) is 37.1 Å². The molecule has 2 atom stereocenters. The van der Waals surface area contributed by atoms with Gasteiger partial charge in [0, 0.05) is 13.2 Å². The second-order valence-electron chi connectivity index (χ2n) is 4.73. The number of nitrogens with one attached hydrogen (secondary N) is 1. The van der Waals surface area contributed by atoms with Gasteiger partial charge in [0.1, 0.15) is 18.5 Å². The highest BCUT2D eigenvalue weighted by Gasteiger charge is 2.06. The highest BCUT2D eigenvalue weighted by Crippen LogP contribution is 2.12. The van der Waals surface area contributed by atoms with Gasteiger partial charge in [0.15, 0.2) is 0 Å². The lowest BCUT2D eigenvalue weighted by molar-refractivity contribution is 0.104. The molecular formula is C14H23NO3. The van der Waals surface area contributed by atoms with Crippen molar-refractivity contribution in [3.8, 4) is 5.75 Å². The maximum atomic E-state index is 9.72. The van der Waals surface area contributed by atoms with E-state index < -0.39 is 6.10 Å². The zero-order valence-electron chi connectivity index (χ0n) is 11.1. The van der Waals surface area contributed by atoms with Gasteiger partial charge < -0.3 is 20.3 Å². The molecule has 0 aliphatic carbocycles. The van der Waals surface area contributed by atoms with Crippen molar-refractivity contribution >= 4 is 0 Å². The smallest absolute Gasteiger partial charge is 0.119 e. The monoisotopic (exact) mass is 253 g/mol. The van der Waals surface area contributed by atoms with E-state index in [-0.39, 0.29) is 19.1 Å². The molecule has 0 bridgehead atoms. The molecule has 0 heterocycles. The third kappa shape index (κ3) is 6.00. The molecule has 4 nitrogen and oxygen atoms in total. The molecule has 0 amide bonds. The number of benzene rings is 1. The first kappa shape index (κ1) is 15.0. The molecule has 0 aliphatic rings. The van der Waals surface area contributed by atoms with Crippen LogP contribution in [0.2, 0.25) is 0 Å². The minimum Gasteiger partial charge on any atom is -0.491 e. The molecule has 1 aromatic carbocycles. The number of rotatable bonds is 8. The Morgan fingerprint density at radius 3 is 2.78 bits per heavy atom. The summed E-state index contributed by atoms with van der Waals surface area (Å²) in [6.07, 6.45) is -0.545. The van der Waals surface area contributed by atoms with E-state index in [1.165, 1.54) is 0 Å². The van der Waals surface area contributed by atoms with Crippen molar-refractivity contribution in [3.05, 3.63) is 29.8 Å². The maximum Gasteiger partial charge on any atom is 0.119 e. The van der Waals surface area contributed by atoms with Crippen LogP contribution in [0.4, 0.5) is 0 Å². The fourth-order valence-electron chi connectivity index (χ4n) is 1.52. The van der Waals surface area contributed by atoms with E-state index in [0.717, 1.165) is 11.3 Å². The van der Waals surface area contributed by atoms with Crippen LogP contribution in [-0.2, 0) is 0 Å².